The van der Waals surface area contributed by atoms with Crippen LogP contribution in [0.25, 0.3) is 0 Å². The predicted octanol–water partition coefficient (Wildman–Crippen LogP) is 2.61. The number of aldehydes is 1. The molecule has 2 aromatic rings. The Balaban J connectivity index is 1.52. The molecule has 1 saturated heterocycles. The Morgan fingerprint density at radius 3 is 2.32 bits per heavy atom. The molecule has 1 aliphatic heterocycles. The molecular formula is C22H26N2O4. The summed E-state index contributed by atoms with van der Waals surface area (Å²) >= 11 is 0. The van der Waals surface area contributed by atoms with Crippen LogP contribution < -0.4 is 4.90 Å². The van der Waals surface area contributed by atoms with E-state index in [1.165, 1.54) is 12.1 Å². The third-order valence-corrected chi connectivity index (χ3v) is 5.34. The minimum Gasteiger partial charge on any atom is -0.508 e. The van der Waals surface area contributed by atoms with E-state index < -0.39 is 6.10 Å². The van der Waals surface area contributed by atoms with Crippen LogP contribution in [0.15, 0.2) is 48.5 Å². The number of carbonyl (C=O) groups excluding carboxylic acids is 2. The zero-order valence-corrected chi connectivity index (χ0v) is 16.0. The van der Waals surface area contributed by atoms with Crippen LogP contribution in [-0.4, -0.2) is 54.0 Å². The van der Waals surface area contributed by atoms with Crippen molar-refractivity contribution >= 4 is 17.9 Å². The number of piperidine rings is 1. The average molecular weight is 382 g/mol. The summed E-state index contributed by atoms with van der Waals surface area (Å²) in [6.07, 6.45) is 1.56. The Labute approximate surface area is 165 Å². The largest absolute Gasteiger partial charge is 0.508 e. The summed E-state index contributed by atoms with van der Waals surface area (Å²) < 4.78 is 0. The van der Waals surface area contributed by atoms with Gasteiger partial charge in [-0.3, -0.25) is 9.59 Å². The van der Waals surface area contributed by atoms with E-state index in [1.807, 2.05) is 12.1 Å². The lowest BCUT2D eigenvalue weighted by Gasteiger charge is -2.35. The van der Waals surface area contributed by atoms with E-state index in [1.54, 1.807) is 36.2 Å². The Hall–Kier alpha value is -2.86. The SMILES string of the molecule is CN(C[C@H](O)c1ccc(O)cc1)C(=O)C1CCN(c2ccc(C=O)cc2)CC1. The second-order valence-corrected chi connectivity index (χ2v) is 7.30. The lowest BCUT2D eigenvalue weighted by Crippen LogP contribution is -2.42. The van der Waals surface area contributed by atoms with Crippen LogP contribution in [0.3, 0.4) is 0 Å². The molecule has 3 rings (SSSR count). The first-order valence-corrected chi connectivity index (χ1v) is 9.50. The van der Waals surface area contributed by atoms with Gasteiger partial charge in [0.1, 0.15) is 12.0 Å². The number of hydrogen-bond donors (Lipinski definition) is 2. The highest BCUT2D eigenvalue weighted by Gasteiger charge is 2.28. The van der Waals surface area contributed by atoms with Crippen molar-refractivity contribution in [3.05, 3.63) is 59.7 Å². The van der Waals surface area contributed by atoms with Gasteiger partial charge in [-0.1, -0.05) is 12.1 Å². The third kappa shape index (κ3) is 4.70. The maximum atomic E-state index is 12.8. The molecular weight excluding hydrogens is 356 g/mol. The number of hydrogen-bond acceptors (Lipinski definition) is 5. The number of aromatic hydroxyl groups is 1. The molecule has 6 heteroatoms. The number of aliphatic hydroxyl groups excluding tert-OH is 1. The van der Waals surface area contributed by atoms with E-state index in [4.69, 9.17) is 0 Å². The second kappa shape index (κ2) is 8.89. The highest BCUT2D eigenvalue weighted by molar-refractivity contribution is 5.79. The number of aliphatic hydroxyl groups is 1. The molecule has 0 saturated carbocycles. The molecule has 0 spiro atoms. The molecule has 28 heavy (non-hydrogen) atoms. The van der Waals surface area contributed by atoms with Gasteiger partial charge in [-0.05, 0) is 54.8 Å². The molecule has 0 unspecified atom stereocenters. The smallest absolute Gasteiger partial charge is 0.225 e. The molecule has 1 fully saturated rings. The van der Waals surface area contributed by atoms with Crippen molar-refractivity contribution in [1.82, 2.24) is 4.90 Å². The van der Waals surface area contributed by atoms with Gasteiger partial charge in [0.25, 0.3) is 0 Å². The number of phenols is 1. The van der Waals surface area contributed by atoms with Crippen molar-refractivity contribution in [3.63, 3.8) is 0 Å². The highest BCUT2D eigenvalue weighted by atomic mass is 16.3. The number of carbonyl (C=O) groups is 2. The van der Waals surface area contributed by atoms with E-state index in [-0.39, 0.29) is 24.1 Å². The highest BCUT2D eigenvalue weighted by Crippen LogP contribution is 2.25. The van der Waals surface area contributed by atoms with E-state index in [0.29, 0.717) is 11.1 Å². The van der Waals surface area contributed by atoms with Crippen molar-refractivity contribution in [2.75, 3.05) is 31.6 Å². The summed E-state index contributed by atoms with van der Waals surface area (Å²) in [5.74, 6) is 0.143. The summed E-state index contributed by atoms with van der Waals surface area (Å²) in [4.78, 5) is 27.4. The standard InChI is InChI=1S/C22H26N2O4/c1-23(14-21(27)17-4-8-20(26)9-5-17)22(28)18-10-12-24(13-11-18)19-6-2-16(15-25)3-7-19/h2-9,15,18,21,26-27H,10-14H2,1H3/t21-/m0/s1. The first-order chi connectivity index (χ1) is 13.5. The van der Waals surface area contributed by atoms with E-state index >= 15 is 0 Å². The van der Waals surface area contributed by atoms with Crippen molar-refractivity contribution in [3.8, 4) is 5.75 Å². The fourth-order valence-electron chi connectivity index (χ4n) is 3.61. The molecule has 1 aliphatic rings. The molecule has 1 heterocycles. The first kappa shape index (κ1) is 19.9. The summed E-state index contributed by atoms with van der Waals surface area (Å²) in [5.41, 5.74) is 2.39. The minimum absolute atomic E-state index is 0.0498. The maximum Gasteiger partial charge on any atom is 0.225 e. The fraction of sp³-hybridized carbons (Fsp3) is 0.364. The van der Waals surface area contributed by atoms with Crippen molar-refractivity contribution in [1.29, 1.82) is 0 Å². The summed E-state index contributed by atoms with van der Waals surface area (Å²) in [6, 6.07) is 13.9. The predicted molar refractivity (Wildman–Crippen MR) is 107 cm³/mol. The molecule has 2 N–H and O–H groups in total. The number of benzene rings is 2. The number of anilines is 1. The molecule has 1 atom stereocenters. The number of phenolic OH excluding ortho intramolecular Hbond substituents is 1. The Morgan fingerprint density at radius 2 is 1.75 bits per heavy atom. The van der Waals surface area contributed by atoms with Gasteiger partial charge in [-0.25, -0.2) is 0 Å². The van der Waals surface area contributed by atoms with Crippen LogP contribution in [-0.2, 0) is 4.79 Å². The van der Waals surface area contributed by atoms with Gasteiger partial charge in [0.05, 0.1) is 12.6 Å². The number of nitrogens with zero attached hydrogens (tertiary/aromatic N) is 2. The van der Waals surface area contributed by atoms with Crippen molar-refractivity contribution < 1.29 is 19.8 Å². The monoisotopic (exact) mass is 382 g/mol. The summed E-state index contributed by atoms with van der Waals surface area (Å²) in [5, 5.41) is 19.7. The second-order valence-electron chi connectivity index (χ2n) is 7.30. The molecule has 1 amide bonds. The van der Waals surface area contributed by atoms with Gasteiger partial charge < -0.3 is 20.0 Å². The maximum absolute atomic E-state index is 12.8. The Bertz CT molecular complexity index is 796. The molecule has 2 aromatic carbocycles. The topological polar surface area (TPSA) is 81.1 Å². The van der Waals surface area contributed by atoms with Crippen LogP contribution in [0.4, 0.5) is 5.69 Å². The minimum atomic E-state index is -0.786. The van der Waals surface area contributed by atoms with Crippen molar-refractivity contribution in [2.45, 2.75) is 18.9 Å². The lowest BCUT2D eigenvalue weighted by atomic mass is 9.94. The van der Waals surface area contributed by atoms with Gasteiger partial charge in [0.2, 0.25) is 5.91 Å². The third-order valence-electron chi connectivity index (χ3n) is 5.34. The first-order valence-electron chi connectivity index (χ1n) is 9.50. The van der Waals surface area contributed by atoms with E-state index in [9.17, 15) is 19.8 Å². The van der Waals surface area contributed by atoms with Gasteiger partial charge in [-0.15, -0.1) is 0 Å². The molecule has 148 valence electrons. The van der Waals surface area contributed by atoms with E-state index in [2.05, 4.69) is 4.90 Å². The van der Waals surface area contributed by atoms with Crippen LogP contribution in [0.1, 0.15) is 34.9 Å². The quantitative estimate of drug-likeness (QED) is 0.751. The molecule has 0 radical (unpaired) electrons. The number of rotatable bonds is 6. The number of likely N-dealkylation sites (N-methyl/N-ethyl adjacent to an activating group) is 1. The number of amides is 1. The van der Waals surface area contributed by atoms with Crippen LogP contribution in [0, 0.1) is 5.92 Å². The van der Waals surface area contributed by atoms with Gasteiger partial charge in [0.15, 0.2) is 0 Å². The Kier molecular flexibility index (Phi) is 6.31. The van der Waals surface area contributed by atoms with Crippen LogP contribution in [0.2, 0.25) is 0 Å². The zero-order valence-electron chi connectivity index (χ0n) is 16.0. The van der Waals surface area contributed by atoms with E-state index in [0.717, 1.165) is 37.9 Å². The Morgan fingerprint density at radius 1 is 1.14 bits per heavy atom. The molecule has 0 aliphatic carbocycles. The lowest BCUT2D eigenvalue weighted by molar-refractivity contribution is -0.136. The van der Waals surface area contributed by atoms with Crippen molar-refractivity contribution in [2.24, 2.45) is 5.92 Å². The van der Waals surface area contributed by atoms with Crippen LogP contribution in [0.5, 0.6) is 5.75 Å². The van der Waals surface area contributed by atoms with Gasteiger partial charge >= 0.3 is 0 Å². The zero-order chi connectivity index (χ0) is 20.1. The summed E-state index contributed by atoms with van der Waals surface area (Å²) in [6.45, 7) is 1.79. The van der Waals surface area contributed by atoms with Gasteiger partial charge in [0, 0.05) is 37.3 Å². The van der Waals surface area contributed by atoms with Gasteiger partial charge in [-0.2, -0.15) is 0 Å². The molecule has 0 aromatic heterocycles. The normalized spacial score (nSPS) is 15.9. The molecule has 0 bridgehead atoms. The molecule has 6 nitrogen and oxygen atoms in total. The fourth-order valence-corrected chi connectivity index (χ4v) is 3.61. The average Bonchev–Trinajstić information content (AvgIpc) is 2.73. The van der Waals surface area contributed by atoms with Crippen LogP contribution >= 0.6 is 0 Å². The summed E-state index contributed by atoms with van der Waals surface area (Å²) in [7, 11) is 1.72.